The number of rotatable bonds is 8. The number of carbonyl (C=O) groups is 2. The van der Waals surface area contributed by atoms with Gasteiger partial charge in [-0.05, 0) is 32.6 Å². The summed E-state index contributed by atoms with van der Waals surface area (Å²) in [7, 11) is 4.09. The van der Waals surface area contributed by atoms with Gasteiger partial charge >= 0.3 is 0 Å². The molecular weight excluding hydrogens is 354 g/mol. The number of nitrogens with one attached hydrogen (secondary N) is 1. The number of nitrogens with zero attached hydrogens (tertiary/aromatic N) is 3. The fraction of sp³-hybridized carbons (Fsp3) is 0.579. The molecule has 27 heavy (non-hydrogen) atoms. The second-order valence-corrected chi connectivity index (χ2v) is 7.01. The van der Waals surface area contributed by atoms with Gasteiger partial charge in [0.25, 0.3) is 5.91 Å². The van der Waals surface area contributed by atoms with Gasteiger partial charge in [0.2, 0.25) is 5.91 Å². The molecule has 8 heteroatoms. The van der Waals surface area contributed by atoms with Crippen molar-refractivity contribution in [2.24, 2.45) is 0 Å². The number of carbonyl (C=O) groups excluding carboxylic acids is 2. The first-order valence-electron chi connectivity index (χ1n) is 9.25. The molecular formula is C19H28F2N4O2. The lowest BCUT2D eigenvalue weighted by Gasteiger charge is -2.35. The Morgan fingerprint density at radius 2 is 1.85 bits per heavy atom. The number of hydrogen-bond donors (Lipinski definition) is 1. The monoisotopic (exact) mass is 382 g/mol. The molecule has 0 spiro atoms. The zero-order chi connectivity index (χ0) is 19.8. The van der Waals surface area contributed by atoms with E-state index in [1.54, 1.807) is 0 Å². The lowest BCUT2D eigenvalue weighted by atomic mass is 10.2. The van der Waals surface area contributed by atoms with E-state index < -0.39 is 17.5 Å². The lowest BCUT2D eigenvalue weighted by Crippen LogP contribution is -2.50. The minimum Gasteiger partial charge on any atom is -0.352 e. The Bertz CT molecular complexity index is 647. The van der Waals surface area contributed by atoms with Crippen LogP contribution in [0.25, 0.3) is 0 Å². The van der Waals surface area contributed by atoms with Crippen LogP contribution in [0.5, 0.6) is 0 Å². The molecule has 0 aliphatic carbocycles. The largest absolute Gasteiger partial charge is 0.352 e. The first-order chi connectivity index (χ1) is 12.9. The maximum atomic E-state index is 13.5. The van der Waals surface area contributed by atoms with Gasteiger partial charge in [0, 0.05) is 58.3 Å². The topological polar surface area (TPSA) is 55.9 Å². The minimum absolute atomic E-state index is 0.0736. The third kappa shape index (κ3) is 6.88. The number of piperazine rings is 1. The van der Waals surface area contributed by atoms with Crippen LogP contribution in [-0.2, 0) is 4.79 Å². The number of amides is 2. The molecule has 2 amide bonds. The van der Waals surface area contributed by atoms with Gasteiger partial charge in [-0.2, -0.15) is 0 Å². The highest BCUT2D eigenvalue weighted by Gasteiger charge is 2.20. The fourth-order valence-electron chi connectivity index (χ4n) is 2.93. The van der Waals surface area contributed by atoms with Crippen LogP contribution in [0.4, 0.5) is 8.78 Å². The van der Waals surface area contributed by atoms with Crippen molar-refractivity contribution in [2.45, 2.75) is 12.8 Å². The van der Waals surface area contributed by atoms with Crippen molar-refractivity contribution in [2.75, 3.05) is 59.9 Å². The van der Waals surface area contributed by atoms with Gasteiger partial charge in [-0.1, -0.05) is 0 Å². The predicted molar refractivity (Wildman–Crippen MR) is 99.5 cm³/mol. The number of likely N-dealkylation sites (N-methyl/N-ethyl adjacent to an activating group) is 1. The van der Waals surface area contributed by atoms with Crippen LogP contribution in [-0.4, -0.2) is 86.4 Å². The third-order valence-electron chi connectivity index (χ3n) is 4.62. The summed E-state index contributed by atoms with van der Waals surface area (Å²) in [5.74, 6) is -2.15. The molecule has 1 fully saturated rings. The normalized spacial score (nSPS) is 15.2. The van der Waals surface area contributed by atoms with E-state index >= 15 is 0 Å². The van der Waals surface area contributed by atoms with E-state index in [2.05, 4.69) is 15.1 Å². The molecule has 1 aromatic carbocycles. The second kappa shape index (κ2) is 10.3. The van der Waals surface area contributed by atoms with Crippen molar-refractivity contribution in [3.63, 3.8) is 0 Å². The van der Waals surface area contributed by atoms with E-state index in [0.29, 0.717) is 18.9 Å². The van der Waals surface area contributed by atoms with Crippen LogP contribution in [0.15, 0.2) is 18.2 Å². The Kier molecular flexibility index (Phi) is 8.12. The Labute approximate surface area is 159 Å². The molecule has 0 bridgehead atoms. The first kappa shape index (κ1) is 21.2. The lowest BCUT2D eigenvalue weighted by molar-refractivity contribution is -0.133. The van der Waals surface area contributed by atoms with Crippen LogP contribution >= 0.6 is 0 Å². The SMILES string of the molecule is CN(C)CCN1CCN(C(=O)CCCNC(=O)c2ccc(F)cc2F)CC1. The maximum Gasteiger partial charge on any atom is 0.254 e. The number of hydrogen-bond acceptors (Lipinski definition) is 4. The first-order valence-corrected chi connectivity index (χ1v) is 9.25. The fourth-order valence-corrected chi connectivity index (χ4v) is 2.93. The molecule has 2 rings (SSSR count). The molecule has 0 unspecified atom stereocenters. The summed E-state index contributed by atoms with van der Waals surface area (Å²) in [4.78, 5) is 30.5. The summed E-state index contributed by atoms with van der Waals surface area (Å²) < 4.78 is 26.4. The van der Waals surface area contributed by atoms with Gasteiger partial charge in [0.05, 0.1) is 5.56 Å². The van der Waals surface area contributed by atoms with Crippen molar-refractivity contribution >= 4 is 11.8 Å². The van der Waals surface area contributed by atoms with Crippen LogP contribution in [0.1, 0.15) is 23.2 Å². The van der Waals surface area contributed by atoms with Gasteiger partial charge < -0.3 is 15.1 Å². The molecule has 0 atom stereocenters. The van der Waals surface area contributed by atoms with E-state index in [1.165, 1.54) is 0 Å². The smallest absolute Gasteiger partial charge is 0.254 e. The highest BCUT2D eigenvalue weighted by molar-refractivity contribution is 5.94. The Hall–Kier alpha value is -2.06. The van der Waals surface area contributed by atoms with Crippen molar-refractivity contribution in [3.05, 3.63) is 35.4 Å². The zero-order valence-electron chi connectivity index (χ0n) is 16.0. The van der Waals surface area contributed by atoms with E-state index in [1.807, 2.05) is 19.0 Å². The highest BCUT2D eigenvalue weighted by Crippen LogP contribution is 2.09. The van der Waals surface area contributed by atoms with Crippen molar-refractivity contribution in [1.82, 2.24) is 20.0 Å². The van der Waals surface area contributed by atoms with Crippen molar-refractivity contribution in [3.8, 4) is 0 Å². The number of halogens is 2. The van der Waals surface area contributed by atoms with Gasteiger partial charge in [0.1, 0.15) is 11.6 Å². The predicted octanol–water partition coefficient (Wildman–Crippen LogP) is 1.18. The molecule has 1 aliphatic heterocycles. The minimum atomic E-state index is -0.893. The van der Waals surface area contributed by atoms with Crippen LogP contribution in [0.3, 0.4) is 0 Å². The Morgan fingerprint density at radius 3 is 2.48 bits per heavy atom. The maximum absolute atomic E-state index is 13.5. The Morgan fingerprint density at radius 1 is 1.15 bits per heavy atom. The zero-order valence-corrected chi connectivity index (χ0v) is 16.0. The molecule has 1 aliphatic rings. The van der Waals surface area contributed by atoms with Crippen LogP contribution < -0.4 is 5.32 Å². The summed E-state index contributed by atoms with van der Waals surface area (Å²) >= 11 is 0. The van der Waals surface area contributed by atoms with Crippen molar-refractivity contribution in [1.29, 1.82) is 0 Å². The van der Waals surface area contributed by atoms with Crippen LogP contribution in [0.2, 0.25) is 0 Å². The average molecular weight is 382 g/mol. The molecule has 150 valence electrons. The highest BCUT2D eigenvalue weighted by atomic mass is 19.1. The van der Waals surface area contributed by atoms with E-state index in [-0.39, 0.29) is 18.0 Å². The third-order valence-corrected chi connectivity index (χ3v) is 4.62. The van der Waals surface area contributed by atoms with E-state index in [4.69, 9.17) is 0 Å². The van der Waals surface area contributed by atoms with Gasteiger partial charge in [-0.25, -0.2) is 8.78 Å². The molecule has 0 radical (unpaired) electrons. The average Bonchev–Trinajstić information content (AvgIpc) is 2.63. The molecule has 1 saturated heterocycles. The summed E-state index contributed by atoms with van der Waals surface area (Å²) in [5, 5.41) is 2.57. The second-order valence-electron chi connectivity index (χ2n) is 7.01. The number of benzene rings is 1. The molecule has 6 nitrogen and oxygen atoms in total. The molecule has 1 heterocycles. The summed E-state index contributed by atoms with van der Waals surface area (Å²) in [6.07, 6.45) is 0.818. The Balaban J connectivity index is 1.64. The molecule has 0 saturated carbocycles. The summed E-state index contributed by atoms with van der Waals surface area (Å²) in [5.41, 5.74) is -0.198. The van der Waals surface area contributed by atoms with E-state index in [9.17, 15) is 18.4 Å². The van der Waals surface area contributed by atoms with Gasteiger partial charge in [-0.15, -0.1) is 0 Å². The quantitative estimate of drug-likeness (QED) is 0.686. The van der Waals surface area contributed by atoms with Gasteiger partial charge in [0.15, 0.2) is 0 Å². The van der Waals surface area contributed by atoms with Crippen LogP contribution in [0, 0.1) is 11.6 Å². The van der Waals surface area contributed by atoms with Crippen molar-refractivity contribution < 1.29 is 18.4 Å². The standard InChI is InChI=1S/C19H28F2N4O2/c1-23(2)8-9-24-10-12-25(13-11-24)18(26)4-3-7-22-19(27)16-6-5-15(20)14-17(16)21/h5-6,14H,3-4,7-13H2,1-2H3,(H,22,27). The molecule has 0 aromatic heterocycles. The molecule has 1 aromatic rings. The molecule has 1 N–H and O–H groups in total. The van der Waals surface area contributed by atoms with E-state index in [0.717, 1.165) is 51.4 Å². The summed E-state index contributed by atoms with van der Waals surface area (Å²) in [6.45, 7) is 5.46. The van der Waals surface area contributed by atoms with Gasteiger partial charge in [-0.3, -0.25) is 14.5 Å². The summed E-state index contributed by atoms with van der Waals surface area (Å²) in [6, 6.07) is 2.83.